The lowest BCUT2D eigenvalue weighted by atomic mass is 10.0. The lowest BCUT2D eigenvalue weighted by Crippen LogP contribution is -2.31. The van der Waals surface area contributed by atoms with Gasteiger partial charge in [0.1, 0.15) is 0 Å². The maximum atomic E-state index is 12.5. The molecule has 1 heterocycles. The van der Waals surface area contributed by atoms with E-state index < -0.39 is 10.0 Å². The van der Waals surface area contributed by atoms with Crippen molar-refractivity contribution in [3.8, 4) is 0 Å². The fraction of sp³-hybridized carbons (Fsp3) is 0.733. The van der Waals surface area contributed by atoms with Crippen LogP contribution in [0.5, 0.6) is 0 Å². The number of thiophene rings is 1. The summed E-state index contributed by atoms with van der Waals surface area (Å²) in [5.41, 5.74) is 0.235. The Morgan fingerprint density at radius 3 is 2.67 bits per heavy atom. The first kappa shape index (κ1) is 16.9. The molecule has 0 atom stereocenters. The summed E-state index contributed by atoms with van der Waals surface area (Å²) in [6, 6.07) is 1.72. The molecule has 1 aliphatic rings. The molecule has 1 aromatic rings. The lowest BCUT2D eigenvalue weighted by Gasteiger charge is -2.15. The van der Waals surface area contributed by atoms with Crippen LogP contribution in [-0.4, -0.2) is 21.5 Å². The second kappa shape index (κ2) is 7.22. The summed E-state index contributed by atoms with van der Waals surface area (Å²) in [6.07, 6.45) is 5.58. The molecule has 0 unspecified atom stereocenters. The molecule has 0 saturated heterocycles. The zero-order chi connectivity index (χ0) is 15.3. The molecule has 0 radical (unpaired) electrons. The number of sulfonamides is 1. The Labute approximate surface area is 132 Å². The van der Waals surface area contributed by atoms with E-state index in [-0.39, 0.29) is 5.41 Å². The average Bonchev–Trinajstić information content (AvgIpc) is 3.04. The van der Waals surface area contributed by atoms with Crippen molar-refractivity contribution in [3.05, 3.63) is 16.3 Å². The maximum Gasteiger partial charge on any atom is 0.241 e. The van der Waals surface area contributed by atoms with Crippen molar-refractivity contribution >= 4 is 21.4 Å². The van der Waals surface area contributed by atoms with Gasteiger partial charge in [-0.15, -0.1) is 11.3 Å². The predicted octanol–water partition coefficient (Wildman–Crippen LogP) is 3.11. The largest absolute Gasteiger partial charge is 0.312 e. The van der Waals surface area contributed by atoms with E-state index in [4.69, 9.17) is 0 Å². The third kappa shape index (κ3) is 4.52. The van der Waals surface area contributed by atoms with E-state index in [1.54, 1.807) is 6.07 Å². The van der Waals surface area contributed by atoms with Crippen molar-refractivity contribution in [3.63, 3.8) is 0 Å². The fourth-order valence-electron chi connectivity index (χ4n) is 2.62. The van der Waals surface area contributed by atoms with Crippen LogP contribution >= 0.6 is 11.3 Å². The molecule has 1 aliphatic carbocycles. The van der Waals surface area contributed by atoms with E-state index in [1.807, 2.05) is 5.38 Å². The van der Waals surface area contributed by atoms with E-state index in [1.165, 1.54) is 11.3 Å². The maximum absolute atomic E-state index is 12.5. The van der Waals surface area contributed by atoms with Gasteiger partial charge in [0.05, 0.1) is 4.90 Å². The first-order valence-electron chi connectivity index (χ1n) is 7.80. The zero-order valence-corrected chi connectivity index (χ0v) is 14.6. The van der Waals surface area contributed by atoms with Gasteiger partial charge in [0.25, 0.3) is 0 Å². The van der Waals surface area contributed by atoms with Gasteiger partial charge in [-0.2, -0.15) is 0 Å². The molecule has 2 N–H and O–H groups in total. The molecule has 1 saturated carbocycles. The minimum atomic E-state index is -3.38. The van der Waals surface area contributed by atoms with Gasteiger partial charge in [-0.1, -0.05) is 20.3 Å². The monoisotopic (exact) mass is 330 g/mol. The normalized spacial score (nSPS) is 17.0. The lowest BCUT2D eigenvalue weighted by molar-refractivity contribution is 0.449. The standard InChI is InChI=1S/C15H26N2O2S2/c1-3-6-15(7-8-15)12-17-21(18,19)14-5-10-20-13(14)11-16-9-4-2/h5,10,16-17H,3-4,6-9,11-12H2,1-2H3. The van der Waals surface area contributed by atoms with Crippen LogP contribution in [0.3, 0.4) is 0 Å². The Hall–Kier alpha value is -0.430. The summed E-state index contributed by atoms with van der Waals surface area (Å²) in [5.74, 6) is 0. The van der Waals surface area contributed by atoms with Gasteiger partial charge in [-0.05, 0) is 49.1 Å². The van der Waals surface area contributed by atoms with Crippen LogP contribution in [0.25, 0.3) is 0 Å². The van der Waals surface area contributed by atoms with Crippen LogP contribution in [0, 0.1) is 5.41 Å². The van der Waals surface area contributed by atoms with Gasteiger partial charge in [0, 0.05) is 18.0 Å². The van der Waals surface area contributed by atoms with E-state index in [0.717, 1.165) is 43.5 Å². The molecular formula is C15H26N2O2S2. The first-order valence-corrected chi connectivity index (χ1v) is 10.2. The van der Waals surface area contributed by atoms with Gasteiger partial charge in [-0.25, -0.2) is 13.1 Å². The summed E-state index contributed by atoms with van der Waals surface area (Å²) in [7, 11) is -3.38. The van der Waals surface area contributed by atoms with Crippen LogP contribution in [0.4, 0.5) is 0 Å². The Bertz CT molecular complexity index is 548. The van der Waals surface area contributed by atoms with Crippen molar-refractivity contribution in [1.82, 2.24) is 10.0 Å². The van der Waals surface area contributed by atoms with Gasteiger partial charge >= 0.3 is 0 Å². The third-order valence-electron chi connectivity index (χ3n) is 4.08. The molecule has 0 spiro atoms. The smallest absolute Gasteiger partial charge is 0.241 e. The van der Waals surface area contributed by atoms with Crippen LogP contribution < -0.4 is 10.0 Å². The summed E-state index contributed by atoms with van der Waals surface area (Å²) in [6.45, 7) is 6.38. The van der Waals surface area contributed by atoms with Gasteiger partial charge in [0.2, 0.25) is 10.0 Å². The average molecular weight is 331 g/mol. The molecule has 2 rings (SSSR count). The minimum Gasteiger partial charge on any atom is -0.312 e. The molecule has 1 aromatic heterocycles. The predicted molar refractivity (Wildman–Crippen MR) is 88.1 cm³/mol. The molecule has 21 heavy (non-hydrogen) atoms. The quantitative estimate of drug-likeness (QED) is 0.648. The Kier molecular flexibility index (Phi) is 5.82. The van der Waals surface area contributed by atoms with Gasteiger partial charge < -0.3 is 5.32 Å². The molecule has 1 fully saturated rings. The van der Waals surface area contributed by atoms with Crippen molar-refractivity contribution in [1.29, 1.82) is 0 Å². The zero-order valence-electron chi connectivity index (χ0n) is 12.9. The molecule has 120 valence electrons. The Morgan fingerprint density at radius 1 is 1.29 bits per heavy atom. The van der Waals surface area contributed by atoms with E-state index in [9.17, 15) is 8.42 Å². The van der Waals surface area contributed by atoms with Crippen molar-refractivity contribution < 1.29 is 8.42 Å². The SMILES string of the molecule is CCCNCc1sccc1S(=O)(=O)NCC1(CCC)CC1. The molecule has 0 amide bonds. The van der Waals surface area contributed by atoms with E-state index in [0.29, 0.717) is 18.0 Å². The number of nitrogens with one attached hydrogen (secondary N) is 2. The highest BCUT2D eigenvalue weighted by atomic mass is 32.2. The first-order chi connectivity index (χ1) is 10.0. The second-order valence-electron chi connectivity index (χ2n) is 5.96. The summed E-state index contributed by atoms with van der Waals surface area (Å²) < 4.78 is 27.8. The molecular weight excluding hydrogens is 304 g/mol. The number of hydrogen-bond acceptors (Lipinski definition) is 4. The minimum absolute atomic E-state index is 0.235. The van der Waals surface area contributed by atoms with E-state index in [2.05, 4.69) is 23.9 Å². The summed E-state index contributed by atoms with van der Waals surface area (Å²) in [5, 5.41) is 5.13. The van der Waals surface area contributed by atoms with Crippen LogP contribution in [0.1, 0.15) is 50.8 Å². The highest BCUT2D eigenvalue weighted by molar-refractivity contribution is 7.89. The summed E-state index contributed by atoms with van der Waals surface area (Å²) >= 11 is 1.50. The van der Waals surface area contributed by atoms with Crippen molar-refractivity contribution in [2.75, 3.05) is 13.1 Å². The van der Waals surface area contributed by atoms with Crippen molar-refractivity contribution in [2.24, 2.45) is 5.41 Å². The highest BCUT2D eigenvalue weighted by Crippen LogP contribution is 2.49. The van der Waals surface area contributed by atoms with E-state index >= 15 is 0 Å². The van der Waals surface area contributed by atoms with Crippen LogP contribution in [0.2, 0.25) is 0 Å². The van der Waals surface area contributed by atoms with Crippen molar-refractivity contribution in [2.45, 2.75) is 57.4 Å². The third-order valence-corrected chi connectivity index (χ3v) is 6.62. The van der Waals surface area contributed by atoms with Gasteiger partial charge in [-0.3, -0.25) is 0 Å². The fourth-order valence-corrected chi connectivity index (χ4v) is 5.19. The molecule has 0 bridgehead atoms. The highest BCUT2D eigenvalue weighted by Gasteiger charge is 2.42. The number of rotatable bonds is 10. The second-order valence-corrected chi connectivity index (χ2v) is 8.70. The molecule has 6 heteroatoms. The summed E-state index contributed by atoms with van der Waals surface area (Å²) in [4.78, 5) is 1.35. The van der Waals surface area contributed by atoms with Gasteiger partial charge in [0.15, 0.2) is 0 Å². The Balaban J connectivity index is 1.98. The molecule has 0 aliphatic heterocycles. The topological polar surface area (TPSA) is 58.2 Å². The van der Waals surface area contributed by atoms with Crippen LogP contribution in [0.15, 0.2) is 16.3 Å². The molecule has 4 nitrogen and oxygen atoms in total. The Morgan fingerprint density at radius 2 is 2.05 bits per heavy atom. The molecule has 0 aromatic carbocycles. The number of hydrogen-bond donors (Lipinski definition) is 2. The van der Waals surface area contributed by atoms with Crippen LogP contribution in [-0.2, 0) is 16.6 Å².